The third-order valence-corrected chi connectivity index (χ3v) is 1.92. The number of guanidine groups is 1. The molecule has 1 aromatic heterocycles. The highest BCUT2D eigenvalue weighted by Gasteiger charge is 2.05. The van der Waals surface area contributed by atoms with Crippen LogP contribution in [0.3, 0.4) is 0 Å². The first kappa shape index (κ1) is 10.3. The van der Waals surface area contributed by atoms with Crippen LogP contribution in [0.4, 0.5) is 0 Å². The van der Waals surface area contributed by atoms with Crippen LogP contribution < -0.4 is 11.6 Å². The minimum atomic E-state index is 0.332. The van der Waals surface area contributed by atoms with Crippen molar-refractivity contribution in [3.63, 3.8) is 0 Å². The zero-order valence-corrected chi connectivity index (χ0v) is 8.22. The third-order valence-electron chi connectivity index (χ3n) is 1.92. The summed E-state index contributed by atoms with van der Waals surface area (Å²) in [6, 6.07) is 5.75. The standard InChI is InChI=1S/C9H15N5/c1-2-14(9(10)13-11)7-8-5-3-4-6-12-8/h3-6H,2,7,11H2,1H3,(H2,10,13). The molecule has 1 rings (SSSR count). The van der Waals surface area contributed by atoms with E-state index in [9.17, 15) is 0 Å². The molecule has 0 aromatic carbocycles. The summed E-state index contributed by atoms with van der Waals surface area (Å²) in [5, 5.41) is 3.45. The minimum absolute atomic E-state index is 0.332. The van der Waals surface area contributed by atoms with Gasteiger partial charge in [-0.3, -0.25) is 4.98 Å². The van der Waals surface area contributed by atoms with Crippen molar-refractivity contribution in [1.82, 2.24) is 9.88 Å². The van der Waals surface area contributed by atoms with Crippen LogP contribution in [0.25, 0.3) is 0 Å². The summed E-state index contributed by atoms with van der Waals surface area (Å²) < 4.78 is 0. The fourth-order valence-corrected chi connectivity index (χ4v) is 1.12. The summed E-state index contributed by atoms with van der Waals surface area (Å²) in [7, 11) is 0. The highest BCUT2D eigenvalue weighted by Crippen LogP contribution is 1.99. The van der Waals surface area contributed by atoms with E-state index in [1.165, 1.54) is 0 Å². The average Bonchev–Trinajstić information content (AvgIpc) is 2.26. The zero-order valence-electron chi connectivity index (χ0n) is 8.22. The molecule has 5 nitrogen and oxygen atoms in total. The van der Waals surface area contributed by atoms with Crippen LogP contribution in [0.1, 0.15) is 12.6 Å². The molecular formula is C9H15N5. The lowest BCUT2D eigenvalue weighted by atomic mass is 10.3. The summed E-state index contributed by atoms with van der Waals surface area (Å²) in [5.41, 5.74) is 6.54. The Bertz CT molecular complexity index is 295. The van der Waals surface area contributed by atoms with Crippen LogP contribution in [0.5, 0.6) is 0 Å². The maximum atomic E-state index is 5.60. The molecule has 14 heavy (non-hydrogen) atoms. The van der Waals surface area contributed by atoms with Gasteiger partial charge in [0.2, 0.25) is 5.96 Å². The molecular weight excluding hydrogens is 178 g/mol. The third kappa shape index (κ3) is 2.62. The number of nitrogens with two attached hydrogens (primary N) is 2. The lowest BCUT2D eigenvalue weighted by molar-refractivity contribution is 0.423. The fourth-order valence-electron chi connectivity index (χ4n) is 1.12. The van der Waals surface area contributed by atoms with Crippen LogP contribution >= 0.6 is 0 Å². The second-order valence-electron chi connectivity index (χ2n) is 2.82. The molecule has 1 aromatic rings. The average molecular weight is 193 g/mol. The van der Waals surface area contributed by atoms with Gasteiger partial charge >= 0.3 is 0 Å². The van der Waals surface area contributed by atoms with E-state index in [-0.39, 0.29) is 0 Å². The zero-order chi connectivity index (χ0) is 10.4. The number of pyridine rings is 1. The van der Waals surface area contributed by atoms with E-state index in [4.69, 9.17) is 11.6 Å². The smallest absolute Gasteiger partial charge is 0.213 e. The molecule has 0 spiro atoms. The monoisotopic (exact) mass is 193 g/mol. The minimum Gasteiger partial charge on any atom is -0.368 e. The fraction of sp³-hybridized carbons (Fsp3) is 0.333. The lowest BCUT2D eigenvalue weighted by Gasteiger charge is -2.20. The van der Waals surface area contributed by atoms with Crippen molar-refractivity contribution in [1.29, 1.82) is 0 Å². The maximum Gasteiger partial charge on any atom is 0.213 e. The summed E-state index contributed by atoms with van der Waals surface area (Å²) in [6.07, 6.45) is 1.75. The summed E-state index contributed by atoms with van der Waals surface area (Å²) in [5.74, 6) is 5.43. The van der Waals surface area contributed by atoms with E-state index in [1.54, 1.807) is 6.20 Å². The molecule has 0 fully saturated rings. The van der Waals surface area contributed by atoms with Gasteiger partial charge in [-0.1, -0.05) is 6.07 Å². The van der Waals surface area contributed by atoms with Gasteiger partial charge in [0.25, 0.3) is 0 Å². The largest absolute Gasteiger partial charge is 0.368 e. The van der Waals surface area contributed by atoms with Gasteiger partial charge in [-0.25, -0.2) is 0 Å². The van der Waals surface area contributed by atoms with Crippen molar-refractivity contribution in [3.8, 4) is 0 Å². The Labute approximate surface area is 83.4 Å². The molecule has 5 heteroatoms. The van der Waals surface area contributed by atoms with Crippen molar-refractivity contribution in [2.24, 2.45) is 16.7 Å². The number of hydrogen-bond donors (Lipinski definition) is 2. The first-order valence-corrected chi connectivity index (χ1v) is 4.46. The van der Waals surface area contributed by atoms with Crippen molar-refractivity contribution in [3.05, 3.63) is 30.1 Å². The first-order chi connectivity index (χ1) is 6.77. The van der Waals surface area contributed by atoms with Gasteiger partial charge in [-0.15, -0.1) is 5.10 Å². The predicted octanol–water partition coefficient (Wildman–Crippen LogP) is 0.0919. The van der Waals surface area contributed by atoms with Crippen molar-refractivity contribution < 1.29 is 0 Å². The predicted molar refractivity (Wildman–Crippen MR) is 56.1 cm³/mol. The van der Waals surface area contributed by atoms with Gasteiger partial charge in [-0.2, -0.15) is 0 Å². The molecule has 76 valence electrons. The van der Waals surface area contributed by atoms with Crippen molar-refractivity contribution >= 4 is 5.96 Å². The first-order valence-electron chi connectivity index (χ1n) is 4.46. The van der Waals surface area contributed by atoms with Crippen LogP contribution in [-0.2, 0) is 6.54 Å². The Kier molecular flexibility index (Phi) is 3.72. The topological polar surface area (TPSA) is 80.5 Å². The van der Waals surface area contributed by atoms with Gasteiger partial charge < -0.3 is 16.5 Å². The van der Waals surface area contributed by atoms with Crippen LogP contribution in [0.15, 0.2) is 29.5 Å². The molecule has 0 aliphatic rings. The molecule has 0 unspecified atom stereocenters. The molecule has 0 bridgehead atoms. The van der Waals surface area contributed by atoms with E-state index >= 15 is 0 Å². The van der Waals surface area contributed by atoms with E-state index in [0.717, 1.165) is 12.2 Å². The van der Waals surface area contributed by atoms with Gasteiger partial charge in [0.1, 0.15) is 0 Å². The number of nitrogens with zero attached hydrogens (tertiary/aromatic N) is 3. The highest BCUT2D eigenvalue weighted by atomic mass is 15.3. The van der Waals surface area contributed by atoms with Gasteiger partial charge in [0.05, 0.1) is 12.2 Å². The molecule has 0 aliphatic carbocycles. The Morgan fingerprint density at radius 3 is 2.86 bits per heavy atom. The Morgan fingerprint density at radius 1 is 1.57 bits per heavy atom. The van der Waals surface area contributed by atoms with Gasteiger partial charge in [0, 0.05) is 12.7 Å². The normalized spacial score (nSPS) is 11.4. The van der Waals surface area contributed by atoms with E-state index in [2.05, 4.69) is 10.1 Å². The van der Waals surface area contributed by atoms with Crippen LogP contribution in [0, 0.1) is 0 Å². The molecule has 0 aliphatic heterocycles. The quantitative estimate of drug-likeness (QED) is 0.308. The Morgan fingerprint density at radius 2 is 2.36 bits per heavy atom. The second kappa shape index (κ2) is 5.06. The summed E-state index contributed by atoms with van der Waals surface area (Å²) in [6.45, 7) is 3.37. The summed E-state index contributed by atoms with van der Waals surface area (Å²) >= 11 is 0. The number of aromatic nitrogens is 1. The highest BCUT2D eigenvalue weighted by molar-refractivity contribution is 5.77. The Balaban J connectivity index is 2.67. The molecule has 0 atom stereocenters. The number of hydrogen-bond acceptors (Lipinski definition) is 3. The molecule has 0 saturated carbocycles. The molecule has 1 heterocycles. The number of rotatable bonds is 3. The van der Waals surface area contributed by atoms with E-state index in [1.807, 2.05) is 30.0 Å². The van der Waals surface area contributed by atoms with Crippen molar-refractivity contribution in [2.45, 2.75) is 13.5 Å². The SMILES string of the molecule is CCN(Cc1ccccn1)C(N)=NN. The molecule has 0 radical (unpaired) electrons. The maximum absolute atomic E-state index is 5.60. The Hall–Kier alpha value is -1.78. The molecule has 0 saturated heterocycles. The lowest BCUT2D eigenvalue weighted by Crippen LogP contribution is -2.37. The van der Waals surface area contributed by atoms with Crippen LogP contribution in [-0.4, -0.2) is 22.4 Å². The van der Waals surface area contributed by atoms with E-state index in [0.29, 0.717) is 12.5 Å². The van der Waals surface area contributed by atoms with E-state index < -0.39 is 0 Å². The second-order valence-corrected chi connectivity index (χ2v) is 2.82. The van der Waals surface area contributed by atoms with Gasteiger partial charge in [0.15, 0.2) is 0 Å². The molecule has 0 amide bonds. The van der Waals surface area contributed by atoms with Gasteiger partial charge in [-0.05, 0) is 19.1 Å². The van der Waals surface area contributed by atoms with Crippen LogP contribution in [0.2, 0.25) is 0 Å². The summed E-state index contributed by atoms with van der Waals surface area (Å²) in [4.78, 5) is 6.04. The number of hydrazone groups is 1. The van der Waals surface area contributed by atoms with Crippen molar-refractivity contribution in [2.75, 3.05) is 6.54 Å². The molecule has 4 N–H and O–H groups in total.